The summed E-state index contributed by atoms with van der Waals surface area (Å²) < 4.78 is 16.2. The summed E-state index contributed by atoms with van der Waals surface area (Å²) in [6, 6.07) is 10.1. The Hall–Kier alpha value is -0.850. The van der Waals surface area contributed by atoms with Gasteiger partial charge in [0.2, 0.25) is 0 Å². The minimum atomic E-state index is -0.311. The molecular formula is C14H8Cl2FIN2. The Morgan fingerprint density at radius 1 is 1.20 bits per heavy atom. The third-order valence-corrected chi connectivity index (χ3v) is 4.29. The Labute approximate surface area is 138 Å². The highest BCUT2D eigenvalue weighted by atomic mass is 127. The molecule has 0 spiro atoms. The fourth-order valence-corrected chi connectivity index (χ4v) is 3.42. The van der Waals surface area contributed by atoms with Crippen molar-refractivity contribution in [2.24, 2.45) is 0 Å². The minimum Gasteiger partial charge on any atom is -0.294 e. The zero-order chi connectivity index (χ0) is 14.3. The zero-order valence-corrected chi connectivity index (χ0v) is 13.7. The molecule has 3 rings (SSSR count). The molecule has 3 aromatic rings. The van der Waals surface area contributed by atoms with Crippen LogP contribution in [0, 0.1) is 9.39 Å². The van der Waals surface area contributed by atoms with E-state index in [2.05, 4.69) is 27.6 Å². The predicted molar refractivity (Wildman–Crippen MR) is 88.3 cm³/mol. The molecule has 0 amide bonds. The summed E-state index contributed by atoms with van der Waals surface area (Å²) in [7, 11) is 0. The molecule has 0 fully saturated rings. The van der Waals surface area contributed by atoms with Gasteiger partial charge in [0.05, 0.1) is 22.6 Å². The summed E-state index contributed by atoms with van der Waals surface area (Å²) in [5, 5.41) is 0.668. The van der Waals surface area contributed by atoms with Gasteiger partial charge in [0, 0.05) is 14.7 Å². The maximum absolute atomic E-state index is 13.3. The van der Waals surface area contributed by atoms with E-state index in [1.165, 1.54) is 12.1 Å². The molecule has 102 valence electrons. The van der Waals surface area contributed by atoms with Crippen LogP contribution in [0.5, 0.6) is 0 Å². The number of rotatable bonds is 2. The van der Waals surface area contributed by atoms with Gasteiger partial charge in [-0.05, 0) is 52.9 Å². The Balaban J connectivity index is 2.34. The van der Waals surface area contributed by atoms with Crippen LogP contribution < -0.4 is 0 Å². The summed E-state index contributed by atoms with van der Waals surface area (Å²) >= 11 is 14.2. The van der Waals surface area contributed by atoms with E-state index in [9.17, 15) is 4.39 Å². The Morgan fingerprint density at radius 3 is 2.70 bits per heavy atom. The van der Waals surface area contributed by atoms with Gasteiger partial charge in [-0.3, -0.25) is 4.57 Å². The van der Waals surface area contributed by atoms with E-state index in [4.69, 9.17) is 23.2 Å². The Kier molecular flexibility index (Phi) is 3.88. The number of imidazole rings is 1. The normalized spacial score (nSPS) is 11.2. The monoisotopic (exact) mass is 420 g/mol. The van der Waals surface area contributed by atoms with Gasteiger partial charge in [0.25, 0.3) is 0 Å². The molecule has 0 saturated heterocycles. The number of aromatic nitrogens is 2. The molecule has 0 unspecified atom stereocenters. The number of hydrogen-bond acceptors (Lipinski definition) is 1. The fraction of sp³-hybridized carbons (Fsp3) is 0.0714. The minimum absolute atomic E-state index is 0.245. The highest BCUT2D eigenvalue weighted by Gasteiger charge is 2.14. The SMILES string of the molecule is Fc1ccc2c(c1)nc(CCl)n2-c1ccc(Cl)cc1I. The highest BCUT2D eigenvalue weighted by molar-refractivity contribution is 14.1. The van der Waals surface area contributed by atoms with Crippen LogP contribution in [0.4, 0.5) is 4.39 Å². The maximum Gasteiger partial charge on any atom is 0.129 e. The van der Waals surface area contributed by atoms with E-state index in [0.717, 1.165) is 14.8 Å². The number of halogens is 4. The van der Waals surface area contributed by atoms with Crippen LogP contribution in [0.1, 0.15) is 5.82 Å². The maximum atomic E-state index is 13.3. The van der Waals surface area contributed by atoms with Crippen LogP contribution in [0.15, 0.2) is 36.4 Å². The first kappa shape index (κ1) is 14.1. The smallest absolute Gasteiger partial charge is 0.129 e. The van der Waals surface area contributed by atoms with E-state index in [1.807, 2.05) is 22.8 Å². The van der Waals surface area contributed by atoms with Crippen molar-refractivity contribution in [3.8, 4) is 5.69 Å². The van der Waals surface area contributed by atoms with Crippen molar-refractivity contribution in [3.05, 3.63) is 56.6 Å². The average Bonchev–Trinajstić information content (AvgIpc) is 2.76. The quantitative estimate of drug-likeness (QED) is 0.413. The van der Waals surface area contributed by atoms with Gasteiger partial charge >= 0.3 is 0 Å². The standard InChI is InChI=1S/C14H8Cl2FIN2/c15-7-14-19-11-6-9(17)2-4-13(11)20(14)12-3-1-8(16)5-10(12)18/h1-6H,7H2. The molecule has 2 aromatic carbocycles. The lowest BCUT2D eigenvalue weighted by molar-refractivity contribution is 0.629. The summed E-state index contributed by atoms with van der Waals surface area (Å²) in [5.74, 6) is 0.608. The first-order chi connectivity index (χ1) is 9.60. The molecule has 1 aromatic heterocycles. The molecule has 2 nitrogen and oxygen atoms in total. The zero-order valence-electron chi connectivity index (χ0n) is 10.1. The molecule has 0 bridgehead atoms. The molecule has 0 aliphatic heterocycles. The van der Waals surface area contributed by atoms with E-state index in [0.29, 0.717) is 16.4 Å². The topological polar surface area (TPSA) is 17.8 Å². The number of benzene rings is 2. The third kappa shape index (κ3) is 2.40. The van der Waals surface area contributed by atoms with Crippen molar-refractivity contribution < 1.29 is 4.39 Å². The third-order valence-electron chi connectivity index (χ3n) is 2.96. The van der Waals surface area contributed by atoms with E-state index < -0.39 is 0 Å². The molecule has 20 heavy (non-hydrogen) atoms. The van der Waals surface area contributed by atoms with Crippen molar-refractivity contribution in [1.29, 1.82) is 0 Å². The number of hydrogen-bond donors (Lipinski definition) is 0. The lowest BCUT2D eigenvalue weighted by atomic mass is 10.2. The second-order valence-electron chi connectivity index (χ2n) is 4.23. The van der Waals surface area contributed by atoms with Gasteiger partial charge in [-0.2, -0.15) is 0 Å². The van der Waals surface area contributed by atoms with Crippen LogP contribution in [-0.4, -0.2) is 9.55 Å². The van der Waals surface area contributed by atoms with Crippen molar-refractivity contribution in [3.63, 3.8) is 0 Å². The lowest BCUT2D eigenvalue weighted by Gasteiger charge is -2.10. The number of nitrogens with zero attached hydrogens (tertiary/aromatic N) is 2. The first-order valence-corrected chi connectivity index (χ1v) is 7.77. The van der Waals surface area contributed by atoms with E-state index in [1.54, 1.807) is 6.07 Å². The summed E-state index contributed by atoms with van der Waals surface area (Å²) in [6.07, 6.45) is 0. The number of fused-ring (bicyclic) bond motifs is 1. The van der Waals surface area contributed by atoms with Gasteiger partial charge in [-0.1, -0.05) is 11.6 Å². The molecule has 0 atom stereocenters. The summed E-state index contributed by atoms with van der Waals surface area (Å²) in [6.45, 7) is 0. The van der Waals surface area contributed by atoms with Crippen LogP contribution in [0.25, 0.3) is 16.7 Å². The highest BCUT2D eigenvalue weighted by Crippen LogP contribution is 2.28. The van der Waals surface area contributed by atoms with Crippen LogP contribution in [0.3, 0.4) is 0 Å². The second-order valence-corrected chi connectivity index (χ2v) is 6.09. The van der Waals surface area contributed by atoms with Gasteiger partial charge in [0.15, 0.2) is 0 Å². The molecule has 0 saturated carbocycles. The van der Waals surface area contributed by atoms with Gasteiger partial charge in [0.1, 0.15) is 11.6 Å². The largest absolute Gasteiger partial charge is 0.294 e. The van der Waals surface area contributed by atoms with E-state index >= 15 is 0 Å². The molecule has 6 heteroatoms. The lowest BCUT2D eigenvalue weighted by Crippen LogP contribution is -2.01. The van der Waals surface area contributed by atoms with Gasteiger partial charge in [-0.15, -0.1) is 11.6 Å². The Bertz CT molecular complexity index is 801. The molecule has 1 heterocycles. The summed E-state index contributed by atoms with van der Waals surface area (Å²) in [4.78, 5) is 4.39. The van der Waals surface area contributed by atoms with Crippen molar-refractivity contribution in [2.45, 2.75) is 5.88 Å². The Morgan fingerprint density at radius 2 is 2.00 bits per heavy atom. The van der Waals surface area contributed by atoms with Crippen LogP contribution >= 0.6 is 45.8 Å². The van der Waals surface area contributed by atoms with Gasteiger partial charge < -0.3 is 0 Å². The van der Waals surface area contributed by atoms with Crippen LogP contribution in [-0.2, 0) is 5.88 Å². The number of alkyl halides is 1. The van der Waals surface area contributed by atoms with Crippen molar-refractivity contribution in [2.75, 3.05) is 0 Å². The average molecular weight is 421 g/mol. The van der Waals surface area contributed by atoms with Gasteiger partial charge in [-0.25, -0.2) is 9.37 Å². The first-order valence-electron chi connectivity index (χ1n) is 5.78. The fourth-order valence-electron chi connectivity index (χ4n) is 2.12. The summed E-state index contributed by atoms with van der Waals surface area (Å²) in [5.41, 5.74) is 2.34. The molecule has 0 radical (unpaired) electrons. The molecule has 0 aliphatic carbocycles. The predicted octanol–water partition coefficient (Wildman–Crippen LogP) is 5.16. The molecule has 0 aliphatic rings. The van der Waals surface area contributed by atoms with E-state index in [-0.39, 0.29) is 11.7 Å². The van der Waals surface area contributed by atoms with Crippen LogP contribution in [0.2, 0.25) is 5.02 Å². The van der Waals surface area contributed by atoms with Crippen molar-refractivity contribution >= 4 is 56.8 Å². The molecule has 0 N–H and O–H groups in total. The van der Waals surface area contributed by atoms with Crippen molar-refractivity contribution in [1.82, 2.24) is 9.55 Å². The molecular weight excluding hydrogens is 413 g/mol. The second kappa shape index (κ2) is 5.50.